The van der Waals surface area contributed by atoms with Gasteiger partial charge >= 0.3 is 6.03 Å². The van der Waals surface area contributed by atoms with E-state index in [1.165, 1.54) is 36.0 Å². The summed E-state index contributed by atoms with van der Waals surface area (Å²) in [5, 5.41) is 4.43. The molecule has 0 spiro atoms. The first kappa shape index (κ1) is 20.0. The van der Waals surface area contributed by atoms with E-state index in [0.717, 1.165) is 0 Å². The molecular weight excluding hydrogens is 384 g/mol. The Balaban J connectivity index is 1.77. The van der Waals surface area contributed by atoms with Crippen molar-refractivity contribution in [3.05, 3.63) is 29.3 Å². The highest BCUT2D eigenvalue weighted by Crippen LogP contribution is 2.31. The SMILES string of the molecule is COc1ccc(NC(=O)CN2C(=O)N(C(C)C)C(=O)C3NSC=C32)cc1OC. The summed E-state index contributed by atoms with van der Waals surface area (Å²) in [7, 11) is 3.03. The quantitative estimate of drug-likeness (QED) is 0.695. The number of carbonyl (C=O) groups is 3. The van der Waals surface area contributed by atoms with Crippen LogP contribution in [0.3, 0.4) is 0 Å². The minimum absolute atomic E-state index is 0.214. The highest BCUT2D eigenvalue weighted by Gasteiger charge is 2.46. The Morgan fingerprint density at radius 3 is 2.61 bits per heavy atom. The number of imide groups is 1. The number of rotatable bonds is 6. The predicted octanol–water partition coefficient (Wildman–Crippen LogP) is 1.78. The highest BCUT2D eigenvalue weighted by molar-refractivity contribution is 8.00. The summed E-state index contributed by atoms with van der Waals surface area (Å²) in [5.41, 5.74) is 0.993. The summed E-state index contributed by atoms with van der Waals surface area (Å²) < 4.78 is 13.4. The molecule has 1 aromatic carbocycles. The minimum atomic E-state index is -0.640. The van der Waals surface area contributed by atoms with Crippen LogP contribution < -0.4 is 19.5 Å². The summed E-state index contributed by atoms with van der Waals surface area (Å²) in [5.74, 6) is 0.313. The van der Waals surface area contributed by atoms with Gasteiger partial charge in [-0.1, -0.05) is 11.9 Å². The number of urea groups is 1. The van der Waals surface area contributed by atoms with Crippen LogP contribution in [-0.4, -0.2) is 60.5 Å². The molecule has 1 saturated heterocycles. The standard InChI is InChI=1S/C18H22N4O5S/c1-10(2)22-17(24)16-12(9-28-20-16)21(18(22)25)8-15(23)19-11-5-6-13(26-3)14(7-11)27-4/h5-7,9-10,16,20H,8H2,1-4H3,(H,19,23). The topological polar surface area (TPSA) is 100 Å². The molecule has 0 saturated carbocycles. The molecule has 28 heavy (non-hydrogen) atoms. The molecule has 2 N–H and O–H groups in total. The van der Waals surface area contributed by atoms with Crippen LogP contribution in [0.4, 0.5) is 10.5 Å². The number of amides is 4. The van der Waals surface area contributed by atoms with Crippen LogP contribution in [0.5, 0.6) is 11.5 Å². The molecule has 1 unspecified atom stereocenters. The van der Waals surface area contributed by atoms with Crippen LogP contribution in [0.25, 0.3) is 0 Å². The van der Waals surface area contributed by atoms with E-state index >= 15 is 0 Å². The number of hydrogen-bond acceptors (Lipinski definition) is 7. The lowest BCUT2D eigenvalue weighted by atomic mass is 10.1. The first-order valence-corrected chi connectivity index (χ1v) is 9.53. The number of anilines is 1. The second-order valence-corrected chi connectivity index (χ2v) is 7.21. The fourth-order valence-electron chi connectivity index (χ4n) is 3.05. The van der Waals surface area contributed by atoms with Gasteiger partial charge in [0.25, 0.3) is 5.91 Å². The number of hydrogen-bond donors (Lipinski definition) is 2. The number of fused-ring (bicyclic) bond motifs is 1. The van der Waals surface area contributed by atoms with Crippen LogP contribution in [0.1, 0.15) is 13.8 Å². The summed E-state index contributed by atoms with van der Waals surface area (Å²) in [6.45, 7) is 3.30. The van der Waals surface area contributed by atoms with Crippen LogP contribution in [0.2, 0.25) is 0 Å². The van der Waals surface area contributed by atoms with Crippen molar-refractivity contribution in [3.8, 4) is 11.5 Å². The van der Waals surface area contributed by atoms with Gasteiger partial charge in [0.05, 0.1) is 19.9 Å². The highest BCUT2D eigenvalue weighted by atomic mass is 32.2. The third-order valence-corrected chi connectivity index (χ3v) is 5.11. The van der Waals surface area contributed by atoms with Gasteiger partial charge in [-0.15, -0.1) is 0 Å². The van der Waals surface area contributed by atoms with Crippen molar-refractivity contribution in [2.75, 3.05) is 26.1 Å². The van der Waals surface area contributed by atoms with Gasteiger partial charge in [-0.3, -0.25) is 19.4 Å². The van der Waals surface area contributed by atoms with Gasteiger partial charge in [-0.2, -0.15) is 0 Å². The average molecular weight is 406 g/mol. The fraction of sp³-hybridized carbons (Fsp3) is 0.389. The number of methoxy groups -OCH3 is 2. The molecule has 3 rings (SSSR count). The number of ether oxygens (including phenoxy) is 2. The molecule has 0 aromatic heterocycles. The van der Waals surface area contributed by atoms with E-state index in [1.807, 2.05) is 0 Å². The van der Waals surface area contributed by atoms with Crippen molar-refractivity contribution < 1.29 is 23.9 Å². The minimum Gasteiger partial charge on any atom is -0.493 e. The van der Waals surface area contributed by atoms with E-state index in [0.29, 0.717) is 22.9 Å². The lowest BCUT2D eigenvalue weighted by Crippen LogP contribution is -2.62. The fourth-order valence-corrected chi connectivity index (χ4v) is 3.86. The molecule has 9 nitrogen and oxygen atoms in total. The van der Waals surface area contributed by atoms with E-state index in [-0.39, 0.29) is 18.5 Å². The molecule has 1 fully saturated rings. The molecule has 2 aliphatic heterocycles. The number of nitrogens with zero attached hydrogens (tertiary/aromatic N) is 2. The average Bonchev–Trinajstić information content (AvgIpc) is 3.15. The van der Waals surface area contributed by atoms with Gasteiger partial charge in [0, 0.05) is 23.2 Å². The zero-order chi connectivity index (χ0) is 20.4. The largest absolute Gasteiger partial charge is 0.493 e. The molecule has 1 aromatic rings. The first-order valence-electron chi connectivity index (χ1n) is 8.65. The normalized spacial score (nSPS) is 18.9. The van der Waals surface area contributed by atoms with E-state index < -0.39 is 18.0 Å². The number of benzene rings is 1. The van der Waals surface area contributed by atoms with Crippen molar-refractivity contribution in [1.29, 1.82) is 0 Å². The van der Waals surface area contributed by atoms with Gasteiger partial charge in [-0.05, 0) is 26.0 Å². The Bertz CT molecular complexity index is 841. The second kappa shape index (κ2) is 8.11. The van der Waals surface area contributed by atoms with Crippen LogP contribution in [0.15, 0.2) is 29.3 Å². The summed E-state index contributed by atoms with van der Waals surface area (Å²) in [6, 6.07) is 3.53. The Morgan fingerprint density at radius 1 is 1.25 bits per heavy atom. The zero-order valence-corrected chi connectivity index (χ0v) is 16.8. The van der Waals surface area contributed by atoms with Crippen LogP contribution in [-0.2, 0) is 9.59 Å². The van der Waals surface area contributed by atoms with Gasteiger partial charge in [0.1, 0.15) is 12.6 Å². The van der Waals surface area contributed by atoms with Crippen molar-refractivity contribution >= 4 is 35.5 Å². The van der Waals surface area contributed by atoms with Crippen molar-refractivity contribution in [2.24, 2.45) is 0 Å². The summed E-state index contributed by atoms with van der Waals surface area (Å²) in [4.78, 5) is 40.5. The van der Waals surface area contributed by atoms with Crippen LogP contribution in [0, 0.1) is 0 Å². The van der Waals surface area contributed by atoms with E-state index in [1.54, 1.807) is 37.5 Å². The predicted molar refractivity (Wildman–Crippen MR) is 105 cm³/mol. The molecule has 0 bridgehead atoms. The Morgan fingerprint density at radius 2 is 1.96 bits per heavy atom. The monoisotopic (exact) mass is 406 g/mol. The van der Waals surface area contributed by atoms with Gasteiger partial charge in [0.15, 0.2) is 11.5 Å². The van der Waals surface area contributed by atoms with Crippen molar-refractivity contribution in [3.63, 3.8) is 0 Å². The third kappa shape index (κ3) is 3.65. The van der Waals surface area contributed by atoms with Crippen LogP contribution >= 0.6 is 11.9 Å². The maximum Gasteiger partial charge on any atom is 0.331 e. The van der Waals surface area contributed by atoms with E-state index in [9.17, 15) is 14.4 Å². The maximum absolute atomic E-state index is 12.8. The zero-order valence-electron chi connectivity index (χ0n) is 16.0. The Kier molecular flexibility index (Phi) is 5.80. The second-order valence-electron chi connectivity index (χ2n) is 6.50. The number of carbonyl (C=O) groups excluding carboxylic acids is 3. The summed E-state index contributed by atoms with van der Waals surface area (Å²) in [6.07, 6.45) is 0. The molecule has 2 heterocycles. The maximum atomic E-state index is 12.8. The molecule has 1 atom stereocenters. The van der Waals surface area contributed by atoms with Gasteiger partial charge in [0.2, 0.25) is 5.91 Å². The first-order chi connectivity index (χ1) is 13.4. The Hall–Kier alpha value is -2.72. The molecule has 2 aliphatic rings. The third-order valence-electron chi connectivity index (χ3n) is 4.38. The lowest BCUT2D eigenvalue weighted by Gasteiger charge is -2.39. The van der Waals surface area contributed by atoms with Crippen molar-refractivity contribution in [2.45, 2.75) is 25.9 Å². The van der Waals surface area contributed by atoms with Crippen molar-refractivity contribution in [1.82, 2.24) is 14.5 Å². The van der Waals surface area contributed by atoms with E-state index in [4.69, 9.17) is 9.47 Å². The Labute approximate surface area is 167 Å². The van der Waals surface area contributed by atoms with Gasteiger partial charge in [-0.25, -0.2) is 9.52 Å². The molecule has 150 valence electrons. The van der Waals surface area contributed by atoms with Gasteiger partial charge < -0.3 is 14.8 Å². The summed E-state index contributed by atoms with van der Waals surface area (Å²) >= 11 is 1.23. The number of nitrogens with one attached hydrogen (secondary N) is 2. The molecular formula is C18H22N4O5S. The van der Waals surface area contributed by atoms with E-state index in [2.05, 4.69) is 10.0 Å². The molecule has 0 aliphatic carbocycles. The lowest BCUT2D eigenvalue weighted by molar-refractivity contribution is -0.133. The molecule has 10 heteroatoms. The molecule has 4 amide bonds. The molecule has 0 radical (unpaired) electrons. The smallest absolute Gasteiger partial charge is 0.331 e.